The van der Waals surface area contributed by atoms with E-state index in [2.05, 4.69) is 20.1 Å². The van der Waals surface area contributed by atoms with Crippen molar-refractivity contribution in [3.63, 3.8) is 0 Å². The first-order chi connectivity index (χ1) is 11.2. The summed E-state index contributed by atoms with van der Waals surface area (Å²) in [7, 11) is 0. The summed E-state index contributed by atoms with van der Waals surface area (Å²) in [5.74, 6) is 0.528. The summed E-state index contributed by atoms with van der Waals surface area (Å²) in [5, 5.41) is 12.7. The number of hydrogen-bond donors (Lipinski definition) is 3. The first-order valence-corrected chi connectivity index (χ1v) is 6.82. The van der Waals surface area contributed by atoms with Crippen LogP contribution in [0.4, 0.5) is 11.9 Å². The molecule has 1 aromatic heterocycles. The molecule has 0 fully saturated rings. The van der Waals surface area contributed by atoms with Crippen LogP contribution in [0.5, 0.6) is 0 Å². The molecule has 0 spiro atoms. The minimum atomic E-state index is 0.0680. The lowest BCUT2D eigenvalue weighted by Crippen LogP contribution is -2.05. The highest BCUT2D eigenvalue weighted by molar-refractivity contribution is 6.12. The van der Waals surface area contributed by atoms with Crippen LogP contribution in [-0.2, 0) is 0 Å². The minimum absolute atomic E-state index is 0.0680. The molecule has 0 bridgehead atoms. The van der Waals surface area contributed by atoms with Crippen LogP contribution in [-0.4, -0.2) is 25.9 Å². The van der Waals surface area contributed by atoms with Gasteiger partial charge in [-0.25, -0.2) is 0 Å². The zero-order chi connectivity index (χ0) is 16.2. The maximum atomic E-state index is 9.31. The molecule has 3 aromatic rings. The van der Waals surface area contributed by atoms with Crippen LogP contribution in [0.1, 0.15) is 11.1 Å². The second kappa shape index (κ2) is 6.10. The Balaban J connectivity index is 1.96. The quantitative estimate of drug-likeness (QED) is 0.386. The van der Waals surface area contributed by atoms with E-state index in [1.807, 2.05) is 42.5 Å². The fourth-order valence-corrected chi connectivity index (χ4v) is 2.19. The maximum Gasteiger partial charge on any atom is 0.225 e. The molecule has 114 valence electrons. The lowest BCUT2D eigenvalue weighted by atomic mass is 10.0. The van der Waals surface area contributed by atoms with Crippen molar-refractivity contribution in [1.29, 1.82) is 0 Å². The van der Waals surface area contributed by atoms with Crippen molar-refractivity contribution in [3.8, 4) is 11.4 Å². The van der Waals surface area contributed by atoms with Crippen LogP contribution in [0.25, 0.3) is 11.4 Å². The van der Waals surface area contributed by atoms with Crippen molar-refractivity contribution in [2.45, 2.75) is 0 Å². The maximum absolute atomic E-state index is 9.31. The lowest BCUT2D eigenvalue weighted by Gasteiger charge is -2.06. The average molecular weight is 306 g/mol. The van der Waals surface area contributed by atoms with Crippen LogP contribution < -0.4 is 11.5 Å². The van der Waals surface area contributed by atoms with E-state index in [9.17, 15) is 5.21 Å². The second-order valence-corrected chi connectivity index (χ2v) is 4.77. The van der Waals surface area contributed by atoms with Gasteiger partial charge in [-0.1, -0.05) is 59.8 Å². The Kier molecular flexibility index (Phi) is 3.84. The predicted molar refractivity (Wildman–Crippen MR) is 88.0 cm³/mol. The van der Waals surface area contributed by atoms with E-state index in [0.29, 0.717) is 11.5 Å². The number of rotatable bonds is 3. The Morgan fingerprint density at radius 3 is 1.91 bits per heavy atom. The van der Waals surface area contributed by atoms with Gasteiger partial charge in [-0.05, 0) is 0 Å². The molecule has 0 radical (unpaired) electrons. The van der Waals surface area contributed by atoms with E-state index in [1.54, 1.807) is 12.1 Å². The van der Waals surface area contributed by atoms with E-state index in [0.717, 1.165) is 16.7 Å². The van der Waals surface area contributed by atoms with Gasteiger partial charge in [0.05, 0.1) is 0 Å². The Morgan fingerprint density at radius 2 is 1.35 bits per heavy atom. The largest absolute Gasteiger partial charge is 0.410 e. The zero-order valence-corrected chi connectivity index (χ0v) is 12.1. The van der Waals surface area contributed by atoms with Gasteiger partial charge in [-0.3, -0.25) is 0 Å². The fraction of sp³-hybridized carbons (Fsp3) is 0. The summed E-state index contributed by atoms with van der Waals surface area (Å²) >= 11 is 0. The molecule has 0 aliphatic carbocycles. The number of nitrogen functional groups attached to an aromatic ring is 2. The number of nitrogens with two attached hydrogens (primary N) is 2. The van der Waals surface area contributed by atoms with E-state index in [-0.39, 0.29) is 11.9 Å². The van der Waals surface area contributed by atoms with Gasteiger partial charge >= 0.3 is 0 Å². The molecule has 0 aliphatic rings. The first kappa shape index (κ1) is 14.5. The summed E-state index contributed by atoms with van der Waals surface area (Å²) in [6.45, 7) is 0. The van der Waals surface area contributed by atoms with Gasteiger partial charge in [0.25, 0.3) is 0 Å². The molecule has 2 aromatic carbocycles. The number of oxime groups is 1. The van der Waals surface area contributed by atoms with Crippen molar-refractivity contribution in [1.82, 2.24) is 15.0 Å². The summed E-state index contributed by atoms with van der Waals surface area (Å²) in [6.07, 6.45) is 0. The second-order valence-electron chi connectivity index (χ2n) is 4.77. The van der Waals surface area contributed by atoms with Gasteiger partial charge in [-0.15, -0.1) is 0 Å². The van der Waals surface area contributed by atoms with Crippen LogP contribution in [0, 0.1) is 0 Å². The molecular formula is C16H14N6O. The minimum Gasteiger partial charge on any atom is -0.410 e. The lowest BCUT2D eigenvalue weighted by molar-refractivity contribution is 0.319. The highest BCUT2D eigenvalue weighted by Crippen LogP contribution is 2.19. The number of anilines is 2. The SMILES string of the molecule is Nc1nc(N)nc(-c2ccc(/C(=N/O)c3ccccc3)cc2)n1. The Morgan fingerprint density at radius 1 is 0.783 bits per heavy atom. The normalized spacial score (nSPS) is 11.4. The van der Waals surface area contributed by atoms with Gasteiger partial charge in [0.2, 0.25) is 11.9 Å². The van der Waals surface area contributed by atoms with Crippen LogP contribution in [0.15, 0.2) is 59.8 Å². The summed E-state index contributed by atoms with van der Waals surface area (Å²) < 4.78 is 0. The molecular weight excluding hydrogens is 292 g/mol. The molecule has 0 amide bonds. The van der Waals surface area contributed by atoms with Crippen LogP contribution >= 0.6 is 0 Å². The molecule has 0 saturated heterocycles. The molecule has 0 atom stereocenters. The van der Waals surface area contributed by atoms with Gasteiger partial charge in [-0.2, -0.15) is 15.0 Å². The van der Waals surface area contributed by atoms with Crippen LogP contribution in [0.2, 0.25) is 0 Å². The van der Waals surface area contributed by atoms with Crippen LogP contribution in [0.3, 0.4) is 0 Å². The van der Waals surface area contributed by atoms with Gasteiger partial charge < -0.3 is 16.7 Å². The molecule has 0 saturated carbocycles. The Hall–Kier alpha value is -3.48. The molecule has 0 unspecified atom stereocenters. The molecule has 7 nitrogen and oxygen atoms in total. The zero-order valence-electron chi connectivity index (χ0n) is 12.1. The molecule has 5 N–H and O–H groups in total. The third kappa shape index (κ3) is 3.08. The molecule has 0 aliphatic heterocycles. The van der Waals surface area contributed by atoms with Crippen molar-refractivity contribution >= 4 is 17.6 Å². The number of aromatic nitrogens is 3. The summed E-state index contributed by atoms with van der Waals surface area (Å²) in [4.78, 5) is 11.8. The van der Waals surface area contributed by atoms with E-state index < -0.39 is 0 Å². The number of hydrogen-bond acceptors (Lipinski definition) is 7. The summed E-state index contributed by atoms with van der Waals surface area (Å²) in [5.41, 5.74) is 13.9. The van der Waals surface area contributed by atoms with E-state index in [1.165, 1.54) is 0 Å². The van der Waals surface area contributed by atoms with Gasteiger partial charge in [0.15, 0.2) is 5.82 Å². The number of benzene rings is 2. The predicted octanol–water partition coefficient (Wildman–Crippen LogP) is 1.93. The standard InChI is InChI=1S/C16H14N6O/c17-15-19-14(20-16(18)21-15)12-8-6-11(7-9-12)13(22-23)10-4-2-1-3-5-10/h1-9,23H,(H4,17,18,19,20,21)/b22-13+. The molecule has 23 heavy (non-hydrogen) atoms. The molecule has 3 rings (SSSR count). The van der Waals surface area contributed by atoms with Gasteiger partial charge in [0, 0.05) is 16.7 Å². The van der Waals surface area contributed by atoms with Crippen molar-refractivity contribution in [2.75, 3.05) is 11.5 Å². The van der Waals surface area contributed by atoms with Gasteiger partial charge in [0.1, 0.15) is 5.71 Å². The Labute approximate surface area is 132 Å². The molecule has 1 heterocycles. The highest BCUT2D eigenvalue weighted by Gasteiger charge is 2.09. The fourth-order valence-electron chi connectivity index (χ4n) is 2.19. The highest BCUT2D eigenvalue weighted by atomic mass is 16.4. The van der Waals surface area contributed by atoms with Crippen molar-refractivity contribution in [2.24, 2.45) is 5.16 Å². The monoisotopic (exact) mass is 306 g/mol. The van der Waals surface area contributed by atoms with Crippen molar-refractivity contribution in [3.05, 3.63) is 65.7 Å². The van der Waals surface area contributed by atoms with E-state index >= 15 is 0 Å². The third-order valence-corrected chi connectivity index (χ3v) is 3.23. The van der Waals surface area contributed by atoms with Crippen molar-refractivity contribution < 1.29 is 5.21 Å². The average Bonchev–Trinajstić information content (AvgIpc) is 2.56. The van der Waals surface area contributed by atoms with E-state index in [4.69, 9.17) is 11.5 Å². The smallest absolute Gasteiger partial charge is 0.225 e. The summed E-state index contributed by atoms with van der Waals surface area (Å²) in [6, 6.07) is 16.6. The Bertz CT molecular complexity index is 826. The topological polar surface area (TPSA) is 123 Å². The third-order valence-electron chi connectivity index (χ3n) is 3.23. The first-order valence-electron chi connectivity index (χ1n) is 6.82. The molecule has 7 heteroatoms. The number of nitrogens with zero attached hydrogens (tertiary/aromatic N) is 4.